The van der Waals surface area contributed by atoms with E-state index >= 15 is 0 Å². The molecule has 0 spiro atoms. The van der Waals surface area contributed by atoms with Gasteiger partial charge in [0.05, 0.1) is 5.36 Å². The van der Waals surface area contributed by atoms with Gasteiger partial charge in [0.1, 0.15) is 5.70 Å². The van der Waals surface area contributed by atoms with Crippen LogP contribution in [-0.4, -0.2) is 21.7 Å². The molecule has 0 aromatic heterocycles. The van der Waals surface area contributed by atoms with Crippen molar-refractivity contribution in [1.29, 1.82) is 0 Å². The number of carbonyl (C=O) groups excluding carboxylic acids is 1. The highest BCUT2D eigenvalue weighted by Crippen LogP contribution is 2.30. The molecule has 0 bridgehead atoms. The third kappa shape index (κ3) is 3.35. The lowest BCUT2D eigenvalue weighted by Crippen LogP contribution is -2.57. The summed E-state index contributed by atoms with van der Waals surface area (Å²) in [6, 6.07) is 15.4. The number of nitrogens with one attached hydrogen (secondary N) is 1. The molecule has 1 N–H and O–H groups in total. The van der Waals surface area contributed by atoms with Gasteiger partial charge in [-0.2, -0.15) is 0 Å². The summed E-state index contributed by atoms with van der Waals surface area (Å²) in [5.41, 5.74) is 1.08. The van der Waals surface area contributed by atoms with Gasteiger partial charge < -0.3 is 0 Å². The molecule has 4 rings (SSSR count). The third-order valence-corrected chi connectivity index (χ3v) is 5.96. The molecule has 0 radical (unpaired) electrons. The average Bonchev–Trinajstić information content (AvgIpc) is 2.67. The number of fused-ring (bicyclic) bond motifs is 2. The Hall–Kier alpha value is -2.31. The third-order valence-electron chi connectivity index (χ3n) is 4.77. The number of amides is 1. The number of carbonyl (C=O) groups is 1. The van der Waals surface area contributed by atoms with Crippen LogP contribution in [0.4, 0.5) is 0 Å². The van der Waals surface area contributed by atoms with Gasteiger partial charge in [-0.25, -0.2) is 5.01 Å². The molecule has 7 heteroatoms. The molecular formula is C20H19ClN4OS. The molecule has 2 aliphatic heterocycles. The van der Waals surface area contributed by atoms with E-state index < -0.39 is 5.66 Å². The fourth-order valence-electron chi connectivity index (χ4n) is 3.11. The summed E-state index contributed by atoms with van der Waals surface area (Å²) in [4.78, 5) is 17.8. The second kappa shape index (κ2) is 7.02. The van der Waals surface area contributed by atoms with Gasteiger partial charge in [0.25, 0.3) is 5.91 Å². The normalized spacial score (nSPS) is 21.0. The molecular weight excluding hydrogens is 380 g/mol. The topological polar surface area (TPSA) is 57.1 Å². The lowest BCUT2D eigenvalue weighted by atomic mass is 10.0. The van der Waals surface area contributed by atoms with Crippen molar-refractivity contribution in [1.82, 2.24) is 10.3 Å². The molecule has 1 amide bonds. The number of hydrogen-bond donors (Lipinski definition) is 1. The Morgan fingerprint density at radius 2 is 1.93 bits per heavy atom. The molecule has 5 nitrogen and oxygen atoms in total. The molecule has 1 unspecified atom stereocenters. The average molecular weight is 399 g/mol. The minimum Gasteiger partial charge on any atom is -0.298 e. The number of halogens is 1. The summed E-state index contributed by atoms with van der Waals surface area (Å²) in [6.07, 6.45) is 0.733. The predicted octanol–water partition coefficient (Wildman–Crippen LogP) is 2.84. The van der Waals surface area contributed by atoms with Crippen LogP contribution in [0.1, 0.15) is 25.8 Å². The molecule has 2 heterocycles. The number of hydrazone groups is 1. The Kier molecular flexibility index (Phi) is 4.70. The minimum atomic E-state index is -0.590. The number of rotatable bonds is 3. The summed E-state index contributed by atoms with van der Waals surface area (Å²) in [7, 11) is 0. The van der Waals surface area contributed by atoms with E-state index in [2.05, 4.69) is 12.2 Å². The van der Waals surface area contributed by atoms with Crippen molar-refractivity contribution in [3.8, 4) is 0 Å². The molecule has 27 heavy (non-hydrogen) atoms. The summed E-state index contributed by atoms with van der Waals surface area (Å²) in [5, 5.41) is 12.4. The monoisotopic (exact) mass is 398 g/mol. The van der Waals surface area contributed by atoms with E-state index in [0.29, 0.717) is 21.6 Å². The van der Waals surface area contributed by atoms with Crippen LogP contribution in [-0.2, 0) is 10.5 Å². The van der Waals surface area contributed by atoms with Gasteiger partial charge >= 0.3 is 0 Å². The number of amidine groups is 1. The van der Waals surface area contributed by atoms with E-state index in [1.807, 2.05) is 55.5 Å². The molecule has 2 aromatic rings. The highest BCUT2D eigenvalue weighted by Gasteiger charge is 2.40. The smallest absolute Gasteiger partial charge is 0.276 e. The second-order valence-corrected chi connectivity index (χ2v) is 8.03. The quantitative estimate of drug-likeness (QED) is 0.864. The molecule has 0 fully saturated rings. The predicted molar refractivity (Wildman–Crippen MR) is 109 cm³/mol. The van der Waals surface area contributed by atoms with Crippen molar-refractivity contribution in [3.63, 3.8) is 0 Å². The van der Waals surface area contributed by atoms with Gasteiger partial charge in [0, 0.05) is 16.0 Å². The zero-order valence-corrected chi connectivity index (χ0v) is 16.6. The van der Waals surface area contributed by atoms with Crippen molar-refractivity contribution in [2.24, 2.45) is 10.1 Å². The van der Waals surface area contributed by atoms with Crippen LogP contribution in [0.15, 0.2) is 58.6 Å². The van der Waals surface area contributed by atoms with Gasteiger partial charge in [0.15, 0.2) is 10.8 Å². The van der Waals surface area contributed by atoms with E-state index in [1.165, 1.54) is 11.8 Å². The number of hydrogen-bond acceptors (Lipinski definition) is 5. The molecule has 0 saturated carbocycles. The van der Waals surface area contributed by atoms with Gasteiger partial charge in [-0.05, 0) is 37.1 Å². The Morgan fingerprint density at radius 3 is 2.67 bits per heavy atom. The maximum absolute atomic E-state index is 12.9. The first-order chi connectivity index (χ1) is 13.0. The van der Waals surface area contributed by atoms with Crippen LogP contribution < -0.4 is 15.9 Å². The standard InChI is InChI=1S/C20H19ClN4OS/c1-3-20(2)23-16-7-5-4-6-15(16)17-18(26)22-19(24-25(17)20)27-12-13-8-10-14(21)11-9-13/h4-11H,3,12H2,1-2H3,(H,22,24,26). The van der Waals surface area contributed by atoms with Crippen molar-refractivity contribution >= 4 is 40.1 Å². The van der Waals surface area contributed by atoms with Crippen LogP contribution in [0.5, 0.6) is 0 Å². The largest absolute Gasteiger partial charge is 0.298 e. The van der Waals surface area contributed by atoms with Crippen LogP contribution in [0, 0.1) is 0 Å². The summed E-state index contributed by atoms with van der Waals surface area (Å²) >= 11 is 7.42. The Bertz CT molecular complexity index is 1050. The van der Waals surface area contributed by atoms with Crippen molar-refractivity contribution in [2.45, 2.75) is 31.7 Å². The summed E-state index contributed by atoms with van der Waals surface area (Å²) < 4.78 is 0. The van der Waals surface area contributed by atoms with Gasteiger partial charge in [-0.15, -0.1) is 5.10 Å². The number of nitrogens with zero attached hydrogens (tertiary/aromatic N) is 3. The Morgan fingerprint density at radius 1 is 1.19 bits per heavy atom. The summed E-state index contributed by atoms with van der Waals surface area (Å²) in [6.45, 7) is 4.06. The number of thioether (sulfide) groups is 1. The highest BCUT2D eigenvalue weighted by atomic mass is 35.5. The SMILES string of the molecule is CCC1(C)N=c2ccccc2=C2C(=O)NC(SCc3ccc(Cl)cc3)=NN21. The number of benzene rings is 2. The minimum absolute atomic E-state index is 0.148. The fourth-order valence-corrected chi connectivity index (χ4v) is 4.03. The van der Waals surface area contributed by atoms with Crippen LogP contribution >= 0.6 is 23.4 Å². The van der Waals surface area contributed by atoms with Crippen molar-refractivity contribution in [2.75, 3.05) is 0 Å². The lowest BCUT2D eigenvalue weighted by molar-refractivity contribution is -0.116. The molecule has 0 aliphatic carbocycles. The van der Waals surface area contributed by atoms with Crippen LogP contribution in [0.3, 0.4) is 0 Å². The molecule has 0 saturated heterocycles. The van der Waals surface area contributed by atoms with Gasteiger partial charge in [-0.3, -0.25) is 15.1 Å². The zero-order valence-electron chi connectivity index (χ0n) is 15.1. The number of para-hydroxylation sites is 1. The first-order valence-electron chi connectivity index (χ1n) is 8.77. The summed E-state index contributed by atoms with van der Waals surface area (Å²) in [5.74, 6) is 0.543. The Balaban J connectivity index is 1.70. The fraction of sp³-hybridized carbons (Fsp3) is 0.250. The van der Waals surface area contributed by atoms with E-state index in [4.69, 9.17) is 21.7 Å². The van der Waals surface area contributed by atoms with E-state index in [0.717, 1.165) is 22.6 Å². The first-order valence-corrected chi connectivity index (χ1v) is 10.1. The maximum atomic E-state index is 12.9. The molecule has 138 valence electrons. The van der Waals surface area contributed by atoms with Crippen LogP contribution in [0.2, 0.25) is 5.02 Å². The van der Waals surface area contributed by atoms with Crippen molar-refractivity contribution in [3.05, 3.63) is 69.7 Å². The lowest BCUT2D eigenvalue weighted by Gasteiger charge is -2.40. The van der Waals surface area contributed by atoms with E-state index in [1.54, 1.807) is 5.01 Å². The second-order valence-electron chi connectivity index (χ2n) is 6.63. The zero-order chi connectivity index (χ0) is 19.0. The Labute approximate surface area is 166 Å². The van der Waals surface area contributed by atoms with Crippen LogP contribution in [0.25, 0.3) is 5.70 Å². The van der Waals surface area contributed by atoms with Gasteiger partial charge in [0.2, 0.25) is 0 Å². The maximum Gasteiger partial charge on any atom is 0.276 e. The highest BCUT2D eigenvalue weighted by molar-refractivity contribution is 8.13. The van der Waals surface area contributed by atoms with Crippen molar-refractivity contribution < 1.29 is 4.79 Å². The van der Waals surface area contributed by atoms with Gasteiger partial charge in [-0.1, -0.05) is 60.6 Å². The van der Waals surface area contributed by atoms with E-state index in [9.17, 15) is 4.79 Å². The van der Waals surface area contributed by atoms with E-state index in [-0.39, 0.29) is 5.91 Å². The molecule has 2 aromatic carbocycles. The molecule has 1 atom stereocenters. The first kappa shape index (κ1) is 18.1. The molecule has 2 aliphatic rings.